The predicted octanol–water partition coefficient (Wildman–Crippen LogP) is 1.98. The number of nitriles is 1. The summed E-state index contributed by atoms with van der Waals surface area (Å²) in [6.45, 7) is -0.0750. The highest BCUT2D eigenvalue weighted by Gasteiger charge is 2.67. The summed E-state index contributed by atoms with van der Waals surface area (Å²) >= 11 is 0. The summed E-state index contributed by atoms with van der Waals surface area (Å²) in [6, 6.07) is 9.02. The maximum absolute atomic E-state index is 12.9. The zero-order valence-corrected chi connectivity index (χ0v) is 14.0. The van der Waals surface area contributed by atoms with Crippen LogP contribution in [0.5, 0.6) is 5.75 Å². The Kier molecular flexibility index (Phi) is 3.26. The van der Waals surface area contributed by atoms with E-state index in [1.165, 1.54) is 6.21 Å². The van der Waals surface area contributed by atoms with E-state index in [4.69, 9.17) is 10.00 Å². The zero-order chi connectivity index (χ0) is 17.8. The second-order valence-corrected chi connectivity index (χ2v) is 7.37. The molecule has 2 saturated carbocycles. The smallest absolute Gasteiger partial charge is 0.254 e. The van der Waals surface area contributed by atoms with E-state index in [9.17, 15) is 9.59 Å². The lowest BCUT2D eigenvalue weighted by Crippen LogP contribution is -2.40. The predicted molar refractivity (Wildman–Crippen MR) is 91.7 cm³/mol. The summed E-state index contributed by atoms with van der Waals surface area (Å²) in [4.78, 5) is 25.7. The van der Waals surface area contributed by atoms with Crippen molar-refractivity contribution in [3.8, 4) is 11.8 Å². The van der Waals surface area contributed by atoms with Crippen molar-refractivity contribution >= 4 is 18.0 Å². The number of amides is 2. The maximum atomic E-state index is 12.9. The summed E-state index contributed by atoms with van der Waals surface area (Å²) in [5, 5.41) is 13.9. The molecule has 3 fully saturated rings. The molecule has 0 aromatic heterocycles. The minimum Gasteiger partial charge on any atom is -0.478 e. The number of allylic oxidation sites excluding steroid dienone is 2. The molecule has 2 bridgehead atoms. The van der Waals surface area contributed by atoms with Crippen molar-refractivity contribution in [1.82, 2.24) is 5.01 Å². The van der Waals surface area contributed by atoms with Gasteiger partial charge >= 0.3 is 0 Å². The second-order valence-electron chi connectivity index (χ2n) is 7.37. The lowest BCUT2D eigenvalue weighted by Gasteiger charge is -2.37. The molecule has 6 atom stereocenters. The lowest BCUT2D eigenvalue weighted by molar-refractivity contribution is -0.140. The van der Waals surface area contributed by atoms with Gasteiger partial charge in [-0.2, -0.15) is 15.4 Å². The molecule has 1 saturated heterocycles. The van der Waals surface area contributed by atoms with E-state index in [0.717, 1.165) is 11.4 Å². The Balaban J connectivity index is 1.41. The van der Waals surface area contributed by atoms with Crippen molar-refractivity contribution in [2.45, 2.75) is 6.42 Å². The largest absolute Gasteiger partial charge is 0.478 e. The molecule has 0 unspecified atom stereocenters. The lowest BCUT2D eigenvalue weighted by atomic mass is 9.63. The minimum atomic E-state index is -0.247. The second kappa shape index (κ2) is 5.53. The molecular formula is C20H17N3O3. The van der Waals surface area contributed by atoms with Gasteiger partial charge in [0.2, 0.25) is 0 Å². The van der Waals surface area contributed by atoms with Gasteiger partial charge in [-0.05, 0) is 42.2 Å². The number of hydrogen-bond acceptors (Lipinski definition) is 5. The van der Waals surface area contributed by atoms with Gasteiger partial charge < -0.3 is 4.74 Å². The SMILES string of the molecule is N#CCOc1ccccc1/C=N\N1C(=O)[C@@H]2[C@H]3C=C[C@@H]([C@@H]4C[C@H]34)[C@@H]2C1=O. The van der Waals surface area contributed by atoms with Gasteiger partial charge in [0.1, 0.15) is 11.8 Å². The first kappa shape index (κ1) is 15.3. The van der Waals surface area contributed by atoms with E-state index >= 15 is 0 Å². The van der Waals surface area contributed by atoms with Gasteiger partial charge in [0.05, 0.1) is 18.1 Å². The van der Waals surface area contributed by atoms with Crippen LogP contribution in [0.1, 0.15) is 12.0 Å². The van der Waals surface area contributed by atoms with E-state index in [1.807, 2.05) is 12.1 Å². The molecule has 6 heteroatoms. The van der Waals surface area contributed by atoms with Crippen LogP contribution in [0, 0.1) is 46.8 Å². The number of carbonyl (C=O) groups is 2. The third-order valence-corrected chi connectivity index (χ3v) is 6.16. The highest BCUT2D eigenvalue weighted by Crippen LogP contribution is 2.65. The molecule has 0 spiro atoms. The average molecular weight is 347 g/mol. The van der Waals surface area contributed by atoms with Crippen LogP contribution >= 0.6 is 0 Å². The molecular weight excluding hydrogens is 330 g/mol. The van der Waals surface area contributed by atoms with Crippen LogP contribution in [0.3, 0.4) is 0 Å². The quantitative estimate of drug-likeness (QED) is 0.474. The molecule has 1 aliphatic heterocycles. The monoisotopic (exact) mass is 347 g/mol. The molecule has 130 valence electrons. The number of rotatable bonds is 4. The highest BCUT2D eigenvalue weighted by molar-refractivity contribution is 6.06. The van der Waals surface area contributed by atoms with Gasteiger partial charge in [-0.1, -0.05) is 24.3 Å². The van der Waals surface area contributed by atoms with Crippen molar-refractivity contribution in [2.24, 2.45) is 40.6 Å². The van der Waals surface area contributed by atoms with Gasteiger partial charge in [-0.3, -0.25) is 9.59 Å². The van der Waals surface area contributed by atoms with Gasteiger partial charge in [-0.15, -0.1) is 0 Å². The van der Waals surface area contributed by atoms with Crippen LogP contribution in [0.2, 0.25) is 0 Å². The molecule has 1 heterocycles. The molecule has 6 nitrogen and oxygen atoms in total. The van der Waals surface area contributed by atoms with Crippen molar-refractivity contribution in [3.63, 3.8) is 0 Å². The molecule has 26 heavy (non-hydrogen) atoms. The van der Waals surface area contributed by atoms with Crippen molar-refractivity contribution < 1.29 is 14.3 Å². The number of ether oxygens (including phenoxy) is 1. The first-order chi connectivity index (χ1) is 12.7. The third kappa shape index (κ3) is 2.07. The fourth-order valence-corrected chi connectivity index (χ4v) is 5.00. The Labute approximate surface area is 150 Å². The van der Waals surface area contributed by atoms with Crippen molar-refractivity contribution in [3.05, 3.63) is 42.0 Å². The number of hydrazone groups is 1. The number of nitrogens with zero attached hydrogens (tertiary/aromatic N) is 3. The van der Waals surface area contributed by atoms with Crippen LogP contribution in [0.4, 0.5) is 0 Å². The van der Waals surface area contributed by atoms with Crippen molar-refractivity contribution in [1.29, 1.82) is 5.26 Å². The van der Waals surface area contributed by atoms with Gasteiger partial charge in [0, 0.05) is 5.56 Å². The Bertz CT molecular complexity index is 864. The number of carbonyl (C=O) groups excluding carboxylic acids is 2. The summed E-state index contributed by atoms with van der Waals surface area (Å²) in [5.74, 6) is 1.17. The zero-order valence-electron chi connectivity index (χ0n) is 14.0. The molecule has 1 aromatic carbocycles. The topological polar surface area (TPSA) is 82.8 Å². The Morgan fingerprint density at radius 3 is 2.46 bits per heavy atom. The van der Waals surface area contributed by atoms with Crippen LogP contribution < -0.4 is 4.74 Å². The standard InChI is InChI=1S/C20H17N3O3/c21-7-8-26-16-4-2-1-3-11(16)10-22-23-19(24)17-12-5-6-13(15-9-14(12)15)18(17)20(23)25/h1-6,10,12-15,17-18H,8-9H2/b22-10-/t12-,13-,14-,15+,17-,18+/m0/s1. The molecule has 0 radical (unpaired) electrons. The molecule has 1 aromatic rings. The number of imide groups is 1. The first-order valence-electron chi connectivity index (χ1n) is 8.89. The van der Waals surface area contributed by atoms with Crippen LogP contribution in [-0.2, 0) is 9.59 Å². The van der Waals surface area contributed by atoms with Gasteiger partial charge in [0.15, 0.2) is 6.61 Å². The Morgan fingerprint density at radius 1 is 1.15 bits per heavy atom. The van der Waals surface area contributed by atoms with Crippen LogP contribution in [0.25, 0.3) is 0 Å². The molecule has 4 aliphatic carbocycles. The van der Waals surface area contributed by atoms with Crippen molar-refractivity contribution in [2.75, 3.05) is 6.61 Å². The summed E-state index contributed by atoms with van der Waals surface area (Å²) < 4.78 is 5.36. The Morgan fingerprint density at radius 2 is 1.81 bits per heavy atom. The molecule has 0 N–H and O–H groups in total. The Hall–Kier alpha value is -2.94. The highest BCUT2D eigenvalue weighted by atomic mass is 16.5. The normalized spacial score (nSPS) is 36.2. The summed E-state index contributed by atoms with van der Waals surface area (Å²) in [7, 11) is 0. The maximum Gasteiger partial charge on any atom is 0.254 e. The van der Waals surface area contributed by atoms with E-state index in [2.05, 4.69) is 17.3 Å². The fraction of sp³-hybridized carbons (Fsp3) is 0.400. The summed E-state index contributed by atoms with van der Waals surface area (Å²) in [5.41, 5.74) is 0.627. The minimum absolute atomic E-state index is 0.0750. The van der Waals surface area contributed by atoms with Crippen LogP contribution in [-0.4, -0.2) is 29.6 Å². The average Bonchev–Trinajstić information content (AvgIpc) is 3.44. The number of para-hydroxylation sites is 1. The molecule has 6 rings (SSSR count). The van der Waals surface area contributed by atoms with E-state index in [1.54, 1.807) is 18.2 Å². The summed E-state index contributed by atoms with van der Waals surface area (Å²) in [6.07, 6.45) is 6.89. The fourth-order valence-electron chi connectivity index (χ4n) is 5.00. The van der Waals surface area contributed by atoms with Gasteiger partial charge in [-0.25, -0.2) is 0 Å². The van der Waals surface area contributed by atoms with E-state index in [0.29, 0.717) is 23.1 Å². The van der Waals surface area contributed by atoms with E-state index in [-0.39, 0.29) is 42.1 Å². The first-order valence-corrected chi connectivity index (χ1v) is 8.89. The van der Waals surface area contributed by atoms with Crippen LogP contribution in [0.15, 0.2) is 41.5 Å². The molecule has 5 aliphatic rings. The third-order valence-electron chi connectivity index (χ3n) is 6.16. The van der Waals surface area contributed by atoms with Gasteiger partial charge in [0.25, 0.3) is 11.8 Å². The van der Waals surface area contributed by atoms with E-state index < -0.39 is 0 Å². The number of hydrogen-bond donors (Lipinski definition) is 0. The number of benzene rings is 1. The molecule has 2 amide bonds.